The van der Waals surface area contributed by atoms with Gasteiger partial charge in [-0.3, -0.25) is 0 Å². The Labute approximate surface area is 183 Å². The maximum absolute atomic E-state index is 13.6. The molecule has 0 aliphatic carbocycles. The summed E-state index contributed by atoms with van der Waals surface area (Å²) >= 11 is 6.36. The van der Waals surface area contributed by atoms with E-state index in [-0.39, 0.29) is 27.7 Å². The second kappa shape index (κ2) is 7.37. The molecule has 3 aromatic carbocycles. The zero-order chi connectivity index (χ0) is 21.6. The summed E-state index contributed by atoms with van der Waals surface area (Å²) in [5, 5.41) is 0.560. The minimum absolute atomic E-state index is 0.0426. The Kier molecular flexibility index (Phi) is 4.64. The third-order valence-corrected chi connectivity index (χ3v) is 7.36. The van der Waals surface area contributed by atoms with E-state index in [0.29, 0.717) is 21.7 Å². The molecule has 0 aliphatic rings. The molecule has 0 unspecified atom stereocenters. The Morgan fingerprint density at radius 2 is 1.45 bits per heavy atom. The molecule has 31 heavy (non-hydrogen) atoms. The van der Waals surface area contributed by atoms with Crippen LogP contribution in [0, 0.1) is 0 Å². The Morgan fingerprint density at radius 3 is 2.16 bits per heavy atom. The van der Waals surface area contributed by atoms with Crippen molar-refractivity contribution in [3.63, 3.8) is 0 Å². The van der Waals surface area contributed by atoms with Crippen molar-refractivity contribution >= 4 is 49.5 Å². The van der Waals surface area contributed by atoms with Crippen LogP contribution >= 0.6 is 11.6 Å². The van der Waals surface area contributed by atoms with Crippen molar-refractivity contribution in [2.45, 2.75) is 16.3 Å². The standard InChI is InChI=1S/C23H17ClN4O2S/c24-17-11-5-4-8-15(17)14-28-22(25)21(31(29,30)16-9-2-1-3-10-16)20-23(28)27-19-13-7-6-12-18(19)26-20/h1-13H,14,25H2. The fourth-order valence-electron chi connectivity index (χ4n) is 3.63. The fraction of sp³-hybridized carbons (Fsp3) is 0.0435. The van der Waals surface area contributed by atoms with Gasteiger partial charge in [-0.05, 0) is 35.9 Å². The van der Waals surface area contributed by atoms with Crippen molar-refractivity contribution in [3.8, 4) is 0 Å². The van der Waals surface area contributed by atoms with E-state index in [2.05, 4.69) is 4.98 Å². The van der Waals surface area contributed by atoms with E-state index < -0.39 is 9.84 Å². The van der Waals surface area contributed by atoms with Crippen molar-refractivity contribution in [3.05, 3.63) is 89.4 Å². The highest BCUT2D eigenvalue weighted by Gasteiger charge is 2.30. The molecule has 2 aromatic heterocycles. The third-order valence-electron chi connectivity index (χ3n) is 5.15. The van der Waals surface area contributed by atoms with E-state index in [9.17, 15) is 8.42 Å². The van der Waals surface area contributed by atoms with Crippen LogP contribution in [0.2, 0.25) is 5.02 Å². The molecule has 154 valence electrons. The number of benzene rings is 3. The highest BCUT2D eigenvalue weighted by molar-refractivity contribution is 7.92. The van der Waals surface area contributed by atoms with Gasteiger partial charge in [0, 0.05) is 5.02 Å². The predicted molar refractivity (Wildman–Crippen MR) is 122 cm³/mol. The van der Waals surface area contributed by atoms with E-state index in [0.717, 1.165) is 5.56 Å². The summed E-state index contributed by atoms with van der Waals surface area (Å²) in [5.74, 6) is 0.0779. The van der Waals surface area contributed by atoms with E-state index >= 15 is 0 Å². The van der Waals surface area contributed by atoms with Gasteiger partial charge in [-0.2, -0.15) is 0 Å². The first-order valence-electron chi connectivity index (χ1n) is 9.55. The van der Waals surface area contributed by atoms with Crippen molar-refractivity contribution in [2.75, 3.05) is 5.73 Å². The summed E-state index contributed by atoms with van der Waals surface area (Å²) < 4.78 is 28.8. The number of nitrogen functional groups attached to an aromatic ring is 1. The number of nitrogens with two attached hydrogens (primary N) is 1. The van der Waals surface area contributed by atoms with Gasteiger partial charge in [-0.15, -0.1) is 0 Å². The quantitative estimate of drug-likeness (QED) is 0.430. The summed E-state index contributed by atoms with van der Waals surface area (Å²) in [6.45, 7) is 0.263. The normalized spacial score (nSPS) is 11.9. The van der Waals surface area contributed by atoms with E-state index in [1.54, 1.807) is 47.0 Å². The second-order valence-corrected chi connectivity index (χ2v) is 9.39. The maximum atomic E-state index is 13.6. The monoisotopic (exact) mass is 448 g/mol. The lowest BCUT2D eigenvalue weighted by Gasteiger charge is -2.10. The number of aromatic nitrogens is 3. The summed E-state index contributed by atoms with van der Waals surface area (Å²) in [7, 11) is -3.93. The van der Waals surface area contributed by atoms with Gasteiger partial charge in [0.25, 0.3) is 0 Å². The Balaban J connectivity index is 1.84. The lowest BCUT2D eigenvalue weighted by atomic mass is 10.2. The molecule has 8 heteroatoms. The van der Waals surface area contributed by atoms with Gasteiger partial charge in [0.2, 0.25) is 9.84 Å². The lowest BCUT2D eigenvalue weighted by Crippen LogP contribution is -2.09. The van der Waals surface area contributed by atoms with Gasteiger partial charge < -0.3 is 10.3 Å². The van der Waals surface area contributed by atoms with Gasteiger partial charge in [0.15, 0.2) is 5.65 Å². The van der Waals surface area contributed by atoms with Crippen LogP contribution in [0.15, 0.2) is 88.7 Å². The van der Waals surface area contributed by atoms with Crippen molar-refractivity contribution in [1.82, 2.24) is 14.5 Å². The van der Waals surface area contributed by atoms with Crippen LogP contribution in [-0.4, -0.2) is 23.0 Å². The van der Waals surface area contributed by atoms with Crippen molar-refractivity contribution < 1.29 is 8.42 Å². The minimum atomic E-state index is -3.93. The smallest absolute Gasteiger partial charge is 0.212 e. The first-order chi connectivity index (χ1) is 15.0. The lowest BCUT2D eigenvalue weighted by molar-refractivity contribution is 0.597. The van der Waals surface area contributed by atoms with Crippen LogP contribution < -0.4 is 5.73 Å². The van der Waals surface area contributed by atoms with E-state index in [1.807, 2.05) is 36.4 Å². The molecule has 0 fully saturated rings. The molecule has 0 spiro atoms. The summed E-state index contributed by atoms with van der Waals surface area (Å²) in [6, 6.07) is 22.9. The number of hydrogen-bond donors (Lipinski definition) is 1. The number of rotatable bonds is 4. The van der Waals surface area contributed by atoms with Gasteiger partial charge in [-0.1, -0.05) is 60.1 Å². The van der Waals surface area contributed by atoms with Crippen molar-refractivity contribution in [2.24, 2.45) is 0 Å². The molecule has 0 amide bonds. The largest absolute Gasteiger partial charge is 0.384 e. The summed E-state index contributed by atoms with van der Waals surface area (Å²) in [5.41, 5.74) is 9.14. The first-order valence-corrected chi connectivity index (χ1v) is 11.4. The van der Waals surface area contributed by atoms with Crippen LogP contribution in [0.25, 0.3) is 22.2 Å². The predicted octanol–water partition coefficient (Wildman–Crippen LogP) is 4.70. The average Bonchev–Trinajstić information content (AvgIpc) is 3.05. The molecule has 6 nitrogen and oxygen atoms in total. The molecule has 5 aromatic rings. The minimum Gasteiger partial charge on any atom is -0.384 e. The second-order valence-electron chi connectivity index (χ2n) is 7.09. The molecular formula is C23H17ClN4O2S. The van der Waals surface area contributed by atoms with Crippen molar-refractivity contribution in [1.29, 1.82) is 0 Å². The molecular weight excluding hydrogens is 432 g/mol. The zero-order valence-corrected chi connectivity index (χ0v) is 17.8. The number of halogens is 1. The third kappa shape index (κ3) is 3.22. The highest BCUT2D eigenvalue weighted by atomic mass is 35.5. The van der Waals surface area contributed by atoms with Gasteiger partial charge in [0.05, 0.1) is 22.5 Å². The molecule has 0 saturated carbocycles. The Morgan fingerprint density at radius 1 is 0.839 bits per heavy atom. The number of anilines is 1. The number of para-hydroxylation sites is 2. The van der Waals surface area contributed by atoms with Crippen LogP contribution in [-0.2, 0) is 16.4 Å². The Bertz CT molecular complexity index is 1550. The first kappa shape index (κ1) is 19.5. The van der Waals surface area contributed by atoms with Crippen LogP contribution in [0.4, 0.5) is 5.82 Å². The zero-order valence-electron chi connectivity index (χ0n) is 16.2. The van der Waals surface area contributed by atoms with E-state index in [1.165, 1.54) is 0 Å². The molecule has 0 atom stereocenters. The summed E-state index contributed by atoms with van der Waals surface area (Å²) in [6.07, 6.45) is 0. The number of nitrogens with zero attached hydrogens (tertiary/aromatic N) is 3. The molecule has 5 rings (SSSR count). The fourth-order valence-corrected chi connectivity index (χ4v) is 5.35. The van der Waals surface area contributed by atoms with Gasteiger partial charge in [0.1, 0.15) is 16.2 Å². The average molecular weight is 449 g/mol. The molecule has 0 bridgehead atoms. The molecule has 2 heterocycles. The number of hydrogen-bond acceptors (Lipinski definition) is 5. The van der Waals surface area contributed by atoms with E-state index in [4.69, 9.17) is 22.3 Å². The summed E-state index contributed by atoms with van der Waals surface area (Å²) in [4.78, 5) is 9.45. The van der Waals surface area contributed by atoms with Gasteiger partial charge in [-0.25, -0.2) is 18.4 Å². The molecule has 0 saturated heterocycles. The maximum Gasteiger partial charge on any atom is 0.212 e. The molecule has 0 aliphatic heterocycles. The highest BCUT2D eigenvalue weighted by Crippen LogP contribution is 2.36. The number of fused-ring (bicyclic) bond motifs is 2. The van der Waals surface area contributed by atoms with Crippen LogP contribution in [0.1, 0.15) is 5.56 Å². The molecule has 2 N–H and O–H groups in total. The van der Waals surface area contributed by atoms with Crippen LogP contribution in [0.3, 0.4) is 0 Å². The van der Waals surface area contributed by atoms with Gasteiger partial charge >= 0.3 is 0 Å². The number of sulfone groups is 1. The SMILES string of the molecule is Nc1c(S(=O)(=O)c2ccccc2)c2nc3ccccc3nc2n1Cc1ccccc1Cl. The topological polar surface area (TPSA) is 90.9 Å². The van der Waals surface area contributed by atoms with Crippen LogP contribution in [0.5, 0.6) is 0 Å². The Hall–Kier alpha value is -3.42. The molecule has 0 radical (unpaired) electrons.